The number of carbonyl (C=O) groups is 1. The Labute approximate surface area is 202 Å². The first-order chi connectivity index (χ1) is 17.1. The van der Waals surface area contributed by atoms with E-state index in [4.69, 9.17) is 9.15 Å². The van der Waals surface area contributed by atoms with E-state index in [0.717, 1.165) is 50.1 Å². The molecule has 182 valence electrons. The smallest absolute Gasteiger partial charge is 0.253 e. The van der Waals surface area contributed by atoms with Crippen LogP contribution in [0.2, 0.25) is 0 Å². The van der Waals surface area contributed by atoms with Gasteiger partial charge in [0.05, 0.1) is 24.6 Å². The molecule has 1 aromatic heterocycles. The van der Waals surface area contributed by atoms with Gasteiger partial charge in [0.25, 0.3) is 5.91 Å². The molecule has 0 radical (unpaired) electrons. The monoisotopic (exact) mass is 477 g/mol. The molecule has 0 unspecified atom stereocenters. The van der Waals surface area contributed by atoms with Crippen molar-refractivity contribution in [2.75, 3.05) is 55.7 Å². The normalized spacial score (nSPS) is 20.4. The van der Waals surface area contributed by atoms with E-state index in [1.165, 1.54) is 18.2 Å². The summed E-state index contributed by atoms with van der Waals surface area (Å²) in [6, 6.07) is 11.5. The summed E-state index contributed by atoms with van der Waals surface area (Å²) in [5.41, 5.74) is 2.44. The van der Waals surface area contributed by atoms with E-state index in [1.54, 1.807) is 17.0 Å². The first kappa shape index (κ1) is 22.1. The average Bonchev–Trinajstić information content (AvgIpc) is 3.33. The second kappa shape index (κ2) is 9.00. The Bertz CT molecular complexity index is 1330. The van der Waals surface area contributed by atoms with Gasteiger partial charge in [-0.2, -0.15) is 0 Å². The van der Waals surface area contributed by atoms with Crippen molar-refractivity contribution < 1.29 is 18.3 Å². The summed E-state index contributed by atoms with van der Waals surface area (Å²) in [5, 5.41) is 0.412. The molecule has 0 N–H and O–H groups in total. The molecule has 3 aliphatic heterocycles. The third-order valence-electron chi connectivity index (χ3n) is 7.31. The van der Waals surface area contributed by atoms with Gasteiger partial charge in [-0.15, -0.1) is 0 Å². The molecule has 8 heteroatoms. The fraction of sp³-hybridized carbons (Fsp3) is 0.407. The lowest BCUT2D eigenvalue weighted by atomic mass is 9.97. The summed E-state index contributed by atoms with van der Waals surface area (Å²) < 4.78 is 25.9. The number of anilines is 2. The van der Waals surface area contributed by atoms with Crippen LogP contribution in [0.15, 0.2) is 51.7 Å². The van der Waals surface area contributed by atoms with Crippen LogP contribution in [-0.4, -0.2) is 56.7 Å². The van der Waals surface area contributed by atoms with Gasteiger partial charge < -0.3 is 23.9 Å². The molecule has 3 aliphatic rings. The van der Waals surface area contributed by atoms with Crippen molar-refractivity contribution in [3.05, 3.63) is 69.6 Å². The number of amides is 1. The van der Waals surface area contributed by atoms with E-state index in [9.17, 15) is 14.0 Å². The predicted octanol–water partition coefficient (Wildman–Crippen LogP) is 3.96. The molecule has 2 aromatic carbocycles. The van der Waals surface area contributed by atoms with Crippen molar-refractivity contribution in [1.82, 2.24) is 4.90 Å². The number of fused-ring (bicyclic) bond motifs is 1. The minimum absolute atomic E-state index is 0.0636. The number of halogens is 1. The molecule has 0 aliphatic carbocycles. The number of likely N-dealkylation sites (tertiary alicyclic amines) is 1. The van der Waals surface area contributed by atoms with E-state index in [2.05, 4.69) is 4.90 Å². The highest BCUT2D eigenvalue weighted by Crippen LogP contribution is 2.40. The Balaban J connectivity index is 1.51. The molecule has 35 heavy (non-hydrogen) atoms. The fourth-order valence-electron chi connectivity index (χ4n) is 5.34. The molecule has 0 saturated carbocycles. The Kier molecular flexibility index (Phi) is 5.68. The van der Waals surface area contributed by atoms with Crippen LogP contribution < -0.4 is 15.2 Å². The van der Waals surface area contributed by atoms with Gasteiger partial charge in [-0.05, 0) is 49.6 Å². The Morgan fingerprint density at radius 2 is 1.80 bits per heavy atom. The summed E-state index contributed by atoms with van der Waals surface area (Å²) in [4.78, 5) is 32.5. The first-order valence-electron chi connectivity index (χ1n) is 12.3. The second-order valence-electron chi connectivity index (χ2n) is 9.47. The van der Waals surface area contributed by atoms with Gasteiger partial charge in [0.1, 0.15) is 11.4 Å². The van der Waals surface area contributed by atoms with E-state index >= 15 is 0 Å². The van der Waals surface area contributed by atoms with Gasteiger partial charge >= 0.3 is 0 Å². The molecule has 6 rings (SSSR count). The highest BCUT2D eigenvalue weighted by Gasteiger charge is 2.32. The standard InChI is InChI=1S/C27H28FN3O4/c28-19-4-1-5-20(16-19)31-9-2-6-23(31)21-14-18(27(33)30-7-3-8-30)15-22-24(32)17-25(35-26(21)22)29-10-12-34-13-11-29/h1,4-5,14-17,23H,2-3,6-13H2/t23-/m1/s1. The lowest BCUT2D eigenvalue weighted by molar-refractivity contribution is 0.0652. The maximum absolute atomic E-state index is 14.1. The molecule has 0 spiro atoms. The highest BCUT2D eigenvalue weighted by molar-refractivity contribution is 5.99. The third-order valence-corrected chi connectivity index (χ3v) is 7.31. The topological polar surface area (TPSA) is 66.2 Å². The Hall–Kier alpha value is -3.39. The molecule has 1 atom stereocenters. The van der Waals surface area contributed by atoms with Crippen molar-refractivity contribution in [3.8, 4) is 0 Å². The number of hydrogen-bond donors (Lipinski definition) is 0. The Morgan fingerprint density at radius 1 is 0.971 bits per heavy atom. The van der Waals surface area contributed by atoms with Gasteiger partial charge in [0.15, 0.2) is 11.3 Å². The molecule has 7 nitrogen and oxygen atoms in total. The summed E-state index contributed by atoms with van der Waals surface area (Å²) in [6.07, 6.45) is 2.73. The molecule has 3 aromatic rings. The van der Waals surface area contributed by atoms with Crippen molar-refractivity contribution in [2.24, 2.45) is 0 Å². The molecular weight excluding hydrogens is 449 g/mol. The van der Waals surface area contributed by atoms with Crippen LogP contribution in [0.1, 0.15) is 41.2 Å². The van der Waals surface area contributed by atoms with Crippen LogP contribution in [0.5, 0.6) is 0 Å². The molecule has 1 amide bonds. The van der Waals surface area contributed by atoms with Gasteiger partial charge in [-0.25, -0.2) is 4.39 Å². The maximum atomic E-state index is 14.1. The first-order valence-corrected chi connectivity index (χ1v) is 12.3. The number of rotatable bonds is 4. The van der Waals surface area contributed by atoms with Crippen LogP contribution in [0.25, 0.3) is 11.0 Å². The van der Waals surface area contributed by atoms with E-state index in [-0.39, 0.29) is 23.2 Å². The zero-order valence-corrected chi connectivity index (χ0v) is 19.5. The van der Waals surface area contributed by atoms with Crippen molar-refractivity contribution in [3.63, 3.8) is 0 Å². The number of morpholine rings is 1. The molecule has 4 heterocycles. The zero-order chi connectivity index (χ0) is 23.9. The fourth-order valence-corrected chi connectivity index (χ4v) is 5.34. The lowest BCUT2D eigenvalue weighted by Gasteiger charge is -2.32. The van der Waals surface area contributed by atoms with Gasteiger partial charge in [-0.3, -0.25) is 9.59 Å². The number of nitrogens with zero attached hydrogens (tertiary/aromatic N) is 3. The van der Waals surface area contributed by atoms with Gasteiger partial charge in [-0.1, -0.05) is 6.07 Å². The summed E-state index contributed by atoms with van der Waals surface area (Å²) >= 11 is 0. The predicted molar refractivity (Wildman–Crippen MR) is 132 cm³/mol. The van der Waals surface area contributed by atoms with Gasteiger partial charge in [0.2, 0.25) is 0 Å². The number of carbonyl (C=O) groups excluding carboxylic acids is 1. The van der Waals surface area contributed by atoms with Crippen LogP contribution in [-0.2, 0) is 4.74 Å². The summed E-state index contributed by atoms with van der Waals surface area (Å²) in [5.74, 6) is 0.163. The van der Waals surface area contributed by atoms with E-state index in [0.29, 0.717) is 48.7 Å². The molecular formula is C27H28FN3O4. The van der Waals surface area contributed by atoms with E-state index in [1.807, 2.05) is 17.0 Å². The SMILES string of the molecule is O=C(c1cc([C@H]2CCCN2c2cccc(F)c2)c2oc(N3CCOCC3)cc(=O)c2c1)N1CCC1. The van der Waals surface area contributed by atoms with Crippen LogP contribution in [0, 0.1) is 5.82 Å². The quantitative estimate of drug-likeness (QED) is 0.567. The maximum Gasteiger partial charge on any atom is 0.253 e. The Morgan fingerprint density at radius 3 is 2.54 bits per heavy atom. The molecule has 0 bridgehead atoms. The van der Waals surface area contributed by atoms with Crippen molar-refractivity contribution in [1.29, 1.82) is 0 Å². The third kappa shape index (κ3) is 4.05. The lowest BCUT2D eigenvalue weighted by Crippen LogP contribution is -2.42. The average molecular weight is 478 g/mol. The number of benzene rings is 2. The van der Waals surface area contributed by atoms with Crippen LogP contribution >= 0.6 is 0 Å². The van der Waals surface area contributed by atoms with Crippen molar-refractivity contribution in [2.45, 2.75) is 25.3 Å². The zero-order valence-electron chi connectivity index (χ0n) is 19.5. The molecule has 3 saturated heterocycles. The van der Waals surface area contributed by atoms with E-state index < -0.39 is 0 Å². The minimum atomic E-state index is -0.291. The molecule has 3 fully saturated rings. The largest absolute Gasteiger partial charge is 0.440 e. The van der Waals surface area contributed by atoms with Crippen molar-refractivity contribution >= 4 is 28.4 Å². The number of ether oxygens (including phenoxy) is 1. The summed E-state index contributed by atoms with van der Waals surface area (Å²) in [7, 11) is 0. The second-order valence-corrected chi connectivity index (χ2v) is 9.47. The summed E-state index contributed by atoms with van der Waals surface area (Å²) in [6.45, 7) is 4.67. The van der Waals surface area contributed by atoms with Crippen LogP contribution in [0.3, 0.4) is 0 Å². The van der Waals surface area contributed by atoms with Crippen LogP contribution in [0.4, 0.5) is 16.0 Å². The van der Waals surface area contributed by atoms with Gasteiger partial charge in [0, 0.05) is 55.6 Å². The highest BCUT2D eigenvalue weighted by atomic mass is 19.1. The number of hydrogen-bond acceptors (Lipinski definition) is 6. The minimum Gasteiger partial charge on any atom is -0.440 e.